The van der Waals surface area contributed by atoms with Gasteiger partial charge in [-0.05, 0) is 47.3 Å². The molecule has 2 aromatic heterocycles. The average Bonchev–Trinajstić information content (AvgIpc) is 3.08. The Hall–Kier alpha value is -2.20. The second-order valence-electron chi connectivity index (χ2n) is 6.34. The fourth-order valence-electron chi connectivity index (χ4n) is 3.03. The summed E-state index contributed by atoms with van der Waals surface area (Å²) in [6, 6.07) is 2.14. The van der Waals surface area contributed by atoms with Crippen molar-refractivity contribution in [1.82, 2.24) is 20.6 Å². The van der Waals surface area contributed by atoms with Crippen molar-refractivity contribution in [3.8, 4) is 0 Å². The molecule has 0 unspecified atom stereocenters. The molecule has 2 heterocycles. The molecule has 3 rings (SSSR count). The monoisotopic (exact) mass is 442 g/mol. The summed E-state index contributed by atoms with van der Waals surface area (Å²) in [4.78, 5) is 32.5. The van der Waals surface area contributed by atoms with E-state index in [9.17, 15) is 18.4 Å². The summed E-state index contributed by atoms with van der Waals surface area (Å²) in [6.07, 6.45) is 4.87. The lowest BCUT2D eigenvalue weighted by molar-refractivity contribution is -0.151. The van der Waals surface area contributed by atoms with E-state index < -0.39 is 36.4 Å². The largest absolute Gasteiger partial charge is 0.390 e. The summed E-state index contributed by atoms with van der Waals surface area (Å²) in [5.41, 5.74) is 0.753. The van der Waals surface area contributed by atoms with Gasteiger partial charge in [0.25, 0.3) is 11.8 Å². The highest BCUT2D eigenvalue weighted by Gasteiger charge is 2.41. The van der Waals surface area contributed by atoms with Crippen LogP contribution in [0.3, 0.4) is 0 Å². The lowest BCUT2D eigenvalue weighted by atomic mass is 10.1. The van der Waals surface area contributed by atoms with Gasteiger partial charge in [-0.25, -0.2) is 4.98 Å². The molecule has 2 amide bonds. The third kappa shape index (κ3) is 4.22. The molecule has 10 heteroatoms. The molecule has 2 atom stereocenters. The second kappa shape index (κ2) is 7.81. The summed E-state index contributed by atoms with van der Waals surface area (Å²) >= 11 is 3.33. The number of hydrogen-bond donors (Lipinski definition) is 3. The number of halogens is 3. The van der Waals surface area contributed by atoms with Gasteiger partial charge in [-0.1, -0.05) is 0 Å². The van der Waals surface area contributed by atoms with Crippen LogP contribution in [-0.2, 0) is 4.79 Å². The molecular formula is C17H17BrF2N4O3. The molecule has 0 aromatic carbocycles. The van der Waals surface area contributed by atoms with Crippen molar-refractivity contribution in [2.24, 2.45) is 0 Å². The third-order valence-corrected chi connectivity index (χ3v) is 5.05. The van der Waals surface area contributed by atoms with E-state index in [0.29, 0.717) is 29.3 Å². The van der Waals surface area contributed by atoms with Gasteiger partial charge in [0.2, 0.25) is 0 Å². The topological polar surface area (TPSA) is 104 Å². The van der Waals surface area contributed by atoms with Crippen molar-refractivity contribution in [2.75, 3.05) is 6.61 Å². The Labute approximate surface area is 161 Å². The number of rotatable bonds is 5. The fraction of sp³-hybridized carbons (Fsp3) is 0.412. The van der Waals surface area contributed by atoms with Crippen LogP contribution in [-0.4, -0.2) is 51.5 Å². The van der Waals surface area contributed by atoms with Gasteiger partial charge in [0.05, 0.1) is 9.99 Å². The average molecular weight is 443 g/mol. The van der Waals surface area contributed by atoms with E-state index in [4.69, 9.17) is 5.11 Å². The van der Waals surface area contributed by atoms with E-state index in [1.54, 1.807) is 24.5 Å². The van der Waals surface area contributed by atoms with Crippen LogP contribution in [0.25, 0.3) is 10.9 Å². The van der Waals surface area contributed by atoms with Crippen molar-refractivity contribution in [3.63, 3.8) is 0 Å². The predicted molar refractivity (Wildman–Crippen MR) is 96.3 cm³/mol. The Balaban J connectivity index is 1.71. The van der Waals surface area contributed by atoms with Gasteiger partial charge >= 0.3 is 5.92 Å². The number of carbonyl (C=O) groups is 2. The lowest BCUT2D eigenvalue weighted by Crippen LogP contribution is -2.53. The molecule has 0 spiro atoms. The zero-order valence-corrected chi connectivity index (χ0v) is 15.7. The molecule has 7 nitrogen and oxygen atoms in total. The number of pyridine rings is 2. The van der Waals surface area contributed by atoms with Crippen LogP contribution in [0.4, 0.5) is 8.78 Å². The van der Waals surface area contributed by atoms with Gasteiger partial charge in [-0.3, -0.25) is 14.6 Å². The van der Waals surface area contributed by atoms with Gasteiger partial charge < -0.3 is 15.7 Å². The van der Waals surface area contributed by atoms with Gasteiger partial charge in [0, 0.05) is 29.9 Å². The van der Waals surface area contributed by atoms with Crippen molar-refractivity contribution < 1.29 is 23.5 Å². The first-order valence-corrected chi connectivity index (χ1v) is 9.12. The van der Waals surface area contributed by atoms with Gasteiger partial charge in [0.1, 0.15) is 12.3 Å². The number of aliphatic hydroxyl groups is 1. The van der Waals surface area contributed by atoms with Gasteiger partial charge in [0.15, 0.2) is 0 Å². The highest BCUT2D eigenvalue weighted by atomic mass is 79.9. The summed E-state index contributed by atoms with van der Waals surface area (Å²) in [5.74, 6) is -5.85. The van der Waals surface area contributed by atoms with Crippen LogP contribution in [0.1, 0.15) is 29.8 Å². The SMILES string of the molecule is O=C(N[C@H]1CCC[C@H]1NC(=O)C(F)(F)CO)c1ccc2cncc(Br)c2n1. The molecular weight excluding hydrogens is 426 g/mol. The quantitative estimate of drug-likeness (QED) is 0.654. The standard InChI is InChI=1S/C17H17BrF2N4O3/c18-10-7-21-6-9-4-5-13(22-14(9)10)15(26)23-11-2-1-3-12(11)24-16(27)17(19,20)8-25/h4-7,11-12,25H,1-3,8H2,(H,23,26)(H,24,27)/t11-,12+/m0/s1. The van der Waals surface area contributed by atoms with Crippen molar-refractivity contribution in [2.45, 2.75) is 37.3 Å². The highest BCUT2D eigenvalue weighted by molar-refractivity contribution is 9.10. The number of hydrogen-bond acceptors (Lipinski definition) is 5. The smallest absolute Gasteiger partial charge is 0.346 e. The molecule has 0 aliphatic heterocycles. The van der Waals surface area contributed by atoms with E-state index in [0.717, 1.165) is 5.39 Å². The number of fused-ring (bicyclic) bond motifs is 1. The Morgan fingerprint density at radius 2 is 1.93 bits per heavy atom. The number of carbonyl (C=O) groups excluding carboxylic acids is 2. The molecule has 1 saturated carbocycles. The van der Waals surface area contributed by atoms with E-state index in [1.165, 1.54) is 0 Å². The Morgan fingerprint density at radius 1 is 1.22 bits per heavy atom. The molecule has 144 valence electrons. The maximum Gasteiger partial charge on any atom is 0.346 e. The molecule has 3 N–H and O–H groups in total. The molecule has 1 aliphatic rings. The minimum Gasteiger partial charge on any atom is -0.390 e. The van der Waals surface area contributed by atoms with Crippen LogP contribution >= 0.6 is 15.9 Å². The van der Waals surface area contributed by atoms with Gasteiger partial charge in [-0.15, -0.1) is 0 Å². The first kappa shape index (κ1) is 19.6. The third-order valence-electron chi connectivity index (χ3n) is 4.47. The first-order valence-electron chi connectivity index (χ1n) is 8.32. The van der Waals surface area contributed by atoms with Crippen LogP contribution in [0.2, 0.25) is 0 Å². The maximum atomic E-state index is 13.3. The van der Waals surface area contributed by atoms with Crippen molar-refractivity contribution in [1.29, 1.82) is 0 Å². The van der Waals surface area contributed by atoms with Gasteiger partial charge in [-0.2, -0.15) is 8.78 Å². The zero-order valence-electron chi connectivity index (χ0n) is 14.1. The summed E-state index contributed by atoms with van der Waals surface area (Å²) in [7, 11) is 0. The Kier molecular flexibility index (Phi) is 5.66. The molecule has 1 fully saturated rings. The van der Waals surface area contributed by atoms with Crippen LogP contribution in [0.15, 0.2) is 29.0 Å². The fourth-order valence-corrected chi connectivity index (χ4v) is 3.47. The van der Waals surface area contributed by atoms with E-state index >= 15 is 0 Å². The molecule has 0 radical (unpaired) electrons. The minimum atomic E-state index is -3.85. The molecule has 27 heavy (non-hydrogen) atoms. The zero-order chi connectivity index (χ0) is 19.6. The highest BCUT2D eigenvalue weighted by Crippen LogP contribution is 2.23. The lowest BCUT2D eigenvalue weighted by Gasteiger charge is -2.24. The predicted octanol–water partition coefficient (Wildman–Crippen LogP) is 1.79. The summed E-state index contributed by atoms with van der Waals surface area (Å²) in [5, 5.41) is 14.3. The van der Waals surface area contributed by atoms with E-state index in [2.05, 4.69) is 36.5 Å². The van der Waals surface area contributed by atoms with Crippen LogP contribution < -0.4 is 10.6 Å². The molecule has 0 saturated heterocycles. The van der Waals surface area contributed by atoms with E-state index in [1.807, 2.05) is 0 Å². The van der Waals surface area contributed by atoms with E-state index in [-0.39, 0.29) is 5.69 Å². The molecule has 2 aromatic rings. The van der Waals surface area contributed by atoms with Crippen molar-refractivity contribution in [3.05, 3.63) is 34.7 Å². The Bertz CT molecular complexity index is 880. The number of amides is 2. The Morgan fingerprint density at radius 3 is 2.63 bits per heavy atom. The first-order chi connectivity index (χ1) is 12.8. The summed E-state index contributed by atoms with van der Waals surface area (Å²) in [6.45, 7) is -1.56. The minimum absolute atomic E-state index is 0.173. The number of nitrogens with one attached hydrogen (secondary N) is 2. The number of alkyl halides is 2. The maximum absolute atomic E-state index is 13.3. The molecule has 1 aliphatic carbocycles. The summed E-state index contributed by atoms with van der Waals surface area (Å²) < 4.78 is 27.2. The second-order valence-corrected chi connectivity index (χ2v) is 7.20. The number of nitrogens with zero attached hydrogens (tertiary/aromatic N) is 2. The molecule has 0 bridgehead atoms. The number of aliphatic hydroxyl groups excluding tert-OH is 1. The van der Waals surface area contributed by atoms with Crippen LogP contribution in [0.5, 0.6) is 0 Å². The van der Waals surface area contributed by atoms with Crippen molar-refractivity contribution >= 4 is 38.6 Å². The number of aromatic nitrogens is 2. The van der Waals surface area contributed by atoms with Crippen LogP contribution in [0, 0.1) is 0 Å². The normalized spacial score (nSPS) is 19.9.